The van der Waals surface area contributed by atoms with Crippen LogP contribution in [-0.2, 0) is 48.1 Å². The second kappa shape index (κ2) is 20.5. The number of nitrogens with zero attached hydrogens (tertiary/aromatic N) is 5. The molecule has 3 saturated heterocycles. The Kier molecular flexibility index (Phi) is 14.8. The van der Waals surface area contributed by atoms with Gasteiger partial charge < -0.3 is 29.5 Å². The fourth-order valence-corrected chi connectivity index (χ4v) is 11.8. The van der Waals surface area contributed by atoms with E-state index in [9.17, 15) is 29.1 Å². The molecule has 374 valence electrons. The first-order valence-electron chi connectivity index (χ1n) is 25.4. The van der Waals surface area contributed by atoms with E-state index in [0.717, 1.165) is 71.3 Å². The highest BCUT2D eigenvalue weighted by atomic mass is 16.5. The Morgan fingerprint density at radius 1 is 0.943 bits per heavy atom. The number of phenols is 1. The Morgan fingerprint density at radius 3 is 2.34 bits per heavy atom. The van der Waals surface area contributed by atoms with Crippen molar-refractivity contribution < 1.29 is 38.3 Å². The van der Waals surface area contributed by atoms with Gasteiger partial charge in [-0.3, -0.25) is 28.7 Å². The van der Waals surface area contributed by atoms with Crippen molar-refractivity contribution in [2.24, 2.45) is 17.3 Å². The van der Waals surface area contributed by atoms with Crippen LogP contribution >= 0.6 is 0 Å². The van der Waals surface area contributed by atoms with Crippen LogP contribution in [0.25, 0.3) is 33.3 Å². The SMILES string of the molecule is C=CC(=O)N1CC[C@H](C(=O)[N+](C)(C)[C@H](C(=O)NC2Cc3cc(O)cc(c3)-c3ccc4c(c3)c(c(-c3ccc(C5CCN(C)CC5)cc3)n4CC)CC(C)(C)COC(=O)[C@@H]3CCCN(N3)C2=O)C(C)C)C1. The number of carbonyl (C=O) groups is 5. The molecule has 6 bridgehead atoms. The zero-order valence-corrected chi connectivity index (χ0v) is 42.6. The lowest BCUT2D eigenvalue weighted by Gasteiger charge is -2.39. The van der Waals surface area contributed by atoms with Crippen molar-refractivity contribution in [3.05, 3.63) is 90.0 Å². The van der Waals surface area contributed by atoms with Gasteiger partial charge in [0.05, 0.1) is 32.3 Å². The predicted octanol–water partition coefficient (Wildman–Crippen LogP) is 6.82. The van der Waals surface area contributed by atoms with E-state index in [-0.39, 0.29) is 47.5 Å². The number of fused-ring (bicyclic) bond motifs is 6. The number of ether oxygens (including phenoxy) is 1. The number of quaternary nitrogens is 1. The molecule has 70 heavy (non-hydrogen) atoms. The van der Waals surface area contributed by atoms with Gasteiger partial charge in [0, 0.05) is 54.8 Å². The molecule has 0 spiro atoms. The molecule has 8 rings (SSSR count). The number of hydrogen-bond donors (Lipinski definition) is 3. The highest BCUT2D eigenvalue weighted by Gasteiger charge is 2.49. The summed E-state index contributed by atoms with van der Waals surface area (Å²) < 4.78 is 8.25. The van der Waals surface area contributed by atoms with Gasteiger partial charge >= 0.3 is 11.9 Å². The molecule has 0 aliphatic carbocycles. The molecule has 4 amide bonds. The van der Waals surface area contributed by atoms with Crippen LogP contribution in [0.5, 0.6) is 5.75 Å². The normalized spacial score (nSPS) is 22.2. The van der Waals surface area contributed by atoms with E-state index in [2.05, 4.69) is 97.1 Å². The Morgan fingerprint density at radius 2 is 1.66 bits per heavy atom. The number of esters is 1. The van der Waals surface area contributed by atoms with Gasteiger partial charge in [-0.15, -0.1) is 0 Å². The molecular weight excluding hydrogens is 883 g/mol. The number of hydrazine groups is 1. The maximum atomic E-state index is 14.8. The quantitative estimate of drug-likeness (QED) is 0.0933. The van der Waals surface area contributed by atoms with Crippen molar-refractivity contribution in [2.75, 3.05) is 60.5 Å². The van der Waals surface area contributed by atoms with Crippen molar-refractivity contribution >= 4 is 40.5 Å². The van der Waals surface area contributed by atoms with E-state index in [4.69, 9.17) is 4.74 Å². The molecule has 4 aliphatic rings. The number of aromatic nitrogens is 1. The Balaban J connectivity index is 1.18. The fourth-order valence-electron chi connectivity index (χ4n) is 11.8. The lowest BCUT2D eigenvalue weighted by molar-refractivity contribution is -0.836. The maximum absolute atomic E-state index is 14.8. The summed E-state index contributed by atoms with van der Waals surface area (Å²) in [5.74, 6) is -2.05. The number of aryl methyl sites for hydroxylation is 1. The van der Waals surface area contributed by atoms with Crippen LogP contribution < -0.4 is 10.7 Å². The number of likely N-dealkylation sites (N-methyl/N-ethyl adjacent to an activating group) is 1. The average molecular weight is 957 g/mol. The summed E-state index contributed by atoms with van der Waals surface area (Å²) >= 11 is 0. The molecule has 4 aromatic rings. The summed E-state index contributed by atoms with van der Waals surface area (Å²) in [6.45, 7) is 17.8. The van der Waals surface area contributed by atoms with Gasteiger partial charge in [-0.2, -0.15) is 0 Å². The molecular formula is C56H74N7O7+. The highest BCUT2D eigenvalue weighted by molar-refractivity contribution is 5.96. The first-order chi connectivity index (χ1) is 33.3. The predicted molar refractivity (Wildman–Crippen MR) is 272 cm³/mol. The van der Waals surface area contributed by atoms with Crippen LogP contribution in [0.4, 0.5) is 0 Å². The van der Waals surface area contributed by atoms with E-state index in [1.54, 1.807) is 31.1 Å². The van der Waals surface area contributed by atoms with Gasteiger partial charge in [0.15, 0.2) is 6.04 Å². The van der Waals surface area contributed by atoms with Crippen LogP contribution in [-0.4, -0.2) is 137 Å². The van der Waals surface area contributed by atoms with E-state index in [1.807, 2.05) is 19.9 Å². The van der Waals surface area contributed by atoms with Crippen molar-refractivity contribution in [3.8, 4) is 28.1 Å². The molecule has 4 atom stereocenters. The minimum Gasteiger partial charge on any atom is -0.508 e. The summed E-state index contributed by atoms with van der Waals surface area (Å²) in [4.78, 5) is 74.3. The first kappa shape index (κ1) is 50.6. The number of likely N-dealkylation sites (tertiary alicyclic amines) is 2. The van der Waals surface area contributed by atoms with Gasteiger partial charge in [-0.1, -0.05) is 70.7 Å². The minimum absolute atomic E-state index is 0.0122. The maximum Gasteiger partial charge on any atom is 0.324 e. The Bertz CT molecular complexity index is 2640. The van der Waals surface area contributed by atoms with Crippen LogP contribution in [0.3, 0.4) is 0 Å². The molecule has 4 aliphatic heterocycles. The van der Waals surface area contributed by atoms with Crippen LogP contribution in [0, 0.1) is 17.3 Å². The van der Waals surface area contributed by atoms with Crippen molar-refractivity contribution in [2.45, 2.75) is 110 Å². The molecule has 14 heteroatoms. The highest BCUT2D eigenvalue weighted by Crippen LogP contribution is 2.41. The lowest BCUT2D eigenvalue weighted by Crippen LogP contribution is -2.66. The first-order valence-corrected chi connectivity index (χ1v) is 25.4. The fraction of sp³-hybridized carbons (Fsp3) is 0.518. The smallest absolute Gasteiger partial charge is 0.324 e. The summed E-state index contributed by atoms with van der Waals surface area (Å²) in [6, 6.07) is 18.0. The monoisotopic (exact) mass is 957 g/mol. The molecule has 0 saturated carbocycles. The average Bonchev–Trinajstić information content (AvgIpc) is 3.95. The van der Waals surface area contributed by atoms with E-state index < -0.39 is 47.2 Å². The molecule has 3 fully saturated rings. The van der Waals surface area contributed by atoms with Crippen molar-refractivity contribution in [1.29, 1.82) is 0 Å². The van der Waals surface area contributed by atoms with Crippen LogP contribution in [0.1, 0.15) is 89.3 Å². The Hall–Kier alpha value is -5.83. The number of carbonyl (C=O) groups excluding carboxylic acids is 5. The third kappa shape index (κ3) is 10.5. The number of rotatable bonds is 9. The number of nitrogens with one attached hydrogen (secondary N) is 2. The van der Waals surface area contributed by atoms with Crippen molar-refractivity contribution in [3.63, 3.8) is 0 Å². The van der Waals surface area contributed by atoms with Crippen LogP contribution in [0.15, 0.2) is 73.3 Å². The lowest BCUT2D eigenvalue weighted by atomic mass is 9.84. The molecule has 14 nitrogen and oxygen atoms in total. The molecule has 5 heterocycles. The molecule has 1 aromatic heterocycles. The number of benzene rings is 3. The van der Waals surface area contributed by atoms with Gasteiger partial charge in [0.1, 0.15) is 17.8 Å². The number of aromatic hydroxyl groups is 1. The van der Waals surface area contributed by atoms with Crippen molar-refractivity contribution in [1.82, 2.24) is 30.1 Å². The number of amides is 4. The van der Waals surface area contributed by atoms with Gasteiger partial charge in [0.2, 0.25) is 5.91 Å². The third-order valence-corrected chi connectivity index (χ3v) is 15.4. The summed E-state index contributed by atoms with van der Waals surface area (Å²) in [7, 11) is 5.62. The number of cyclic esters (lactones) is 1. The van der Waals surface area contributed by atoms with Gasteiger partial charge in [0.25, 0.3) is 11.8 Å². The zero-order valence-electron chi connectivity index (χ0n) is 42.6. The number of phenolic OH excluding ortho intramolecular Hbond substituents is 1. The van der Waals surface area contributed by atoms with E-state index >= 15 is 0 Å². The number of piperidine rings is 1. The molecule has 3 N–H and O–H groups in total. The summed E-state index contributed by atoms with van der Waals surface area (Å²) in [5, 5.41) is 17.0. The number of hydrogen-bond acceptors (Lipinski definition) is 9. The van der Waals surface area contributed by atoms with Gasteiger partial charge in [-0.25, -0.2) is 10.2 Å². The molecule has 3 aromatic carbocycles. The van der Waals surface area contributed by atoms with E-state index in [1.165, 1.54) is 16.6 Å². The second-order valence-electron chi connectivity index (χ2n) is 22.0. The standard InChI is InChI=1S/C56H73N7O7/c1-10-49(65)60-26-22-41(33-60)54(68)63(8,9)51(35(3)4)52(66)57-47-29-36-27-42(30-43(64)28-36)40-18-19-48-44(31-40)45(32-56(5,6)34-70-55(69)46-13-12-23-62(58-46)53(47)67)50(61(48)11-2)39-16-14-37(15-17-39)38-20-24-59(7)25-21-38/h10,14-19,27-28,30-31,35,38,41,46-47,51,58H,1,11-13,20-26,29,32-34H2,2-9H3,(H-,57,64,66)/p+1/t41-,46-,47?,51-/m0/s1. The van der Waals surface area contributed by atoms with E-state index in [0.29, 0.717) is 50.3 Å². The largest absolute Gasteiger partial charge is 0.508 e. The zero-order chi connectivity index (χ0) is 50.2. The minimum atomic E-state index is -1.15. The van der Waals surface area contributed by atoms with Gasteiger partial charge in [-0.05, 0) is 135 Å². The summed E-state index contributed by atoms with van der Waals surface area (Å²) in [6.07, 6.45) is 5.61. The summed E-state index contributed by atoms with van der Waals surface area (Å²) in [5.41, 5.74) is 10.8. The molecule has 1 unspecified atom stereocenters. The third-order valence-electron chi connectivity index (χ3n) is 15.4. The topological polar surface area (TPSA) is 154 Å². The molecule has 0 radical (unpaired) electrons. The second-order valence-corrected chi connectivity index (χ2v) is 22.0. The Labute approximate surface area is 413 Å². The van der Waals surface area contributed by atoms with Crippen LogP contribution in [0.2, 0.25) is 0 Å².